The number of rotatable bonds is 8. The van der Waals surface area contributed by atoms with Gasteiger partial charge in [-0.1, -0.05) is 30.4 Å². The highest BCUT2D eigenvalue weighted by molar-refractivity contribution is 6.07. The first-order valence-electron chi connectivity index (χ1n) is 9.42. The summed E-state index contributed by atoms with van der Waals surface area (Å²) in [5.41, 5.74) is 2.92. The minimum atomic E-state index is -0.0896. The number of hydrogen-bond acceptors (Lipinski definition) is 4. The van der Waals surface area contributed by atoms with Gasteiger partial charge < -0.3 is 9.47 Å². The Hall–Kier alpha value is -3.92. The molecule has 0 aliphatic rings. The third-order valence-corrected chi connectivity index (χ3v) is 4.51. The van der Waals surface area contributed by atoms with E-state index in [9.17, 15) is 9.59 Å². The third-order valence-electron chi connectivity index (χ3n) is 4.51. The molecular weight excluding hydrogens is 376 g/mol. The Balaban J connectivity index is 1.67. The SMILES string of the molecule is COc1ccc(C(=O)C=Cc2cccc(C=CC(=O)c3ccc(OC)cc3)c2)cc1. The first kappa shape index (κ1) is 20.8. The molecule has 0 radical (unpaired) electrons. The smallest absolute Gasteiger partial charge is 0.185 e. The predicted octanol–water partition coefficient (Wildman–Crippen LogP) is 5.50. The molecule has 4 heteroatoms. The Kier molecular flexibility index (Phi) is 6.95. The van der Waals surface area contributed by atoms with Crippen molar-refractivity contribution >= 4 is 23.7 Å². The quantitative estimate of drug-likeness (QED) is 0.372. The van der Waals surface area contributed by atoms with E-state index in [2.05, 4.69) is 0 Å². The molecule has 0 atom stereocenters. The Morgan fingerprint density at radius 1 is 0.633 bits per heavy atom. The van der Waals surface area contributed by atoms with Crippen LogP contribution in [0, 0.1) is 0 Å². The van der Waals surface area contributed by atoms with Gasteiger partial charge in [0.05, 0.1) is 14.2 Å². The topological polar surface area (TPSA) is 52.6 Å². The number of methoxy groups -OCH3 is 2. The van der Waals surface area contributed by atoms with Crippen molar-refractivity contribution in [2.45, 2.75) is 0 Å². The first-order valence-corrected chi connectivity index (χ1v) is 9.42. The number of ether oxygens (including phenoxy) is 2. The van der Waals surface area contributed by atoms with Gasteiger partial charge in [0.15, 0.2) is 11.6 Å². The molecule has 0 aliphatic heterocycles. The van der Waals surface area contributed by atoms with E-state index in [1.165, 1.54) is 12.2 Å². The molecule has 150 valence electrons. The van der Waals surface area contributed by atoms with Gasteiger partial charge in [-0.25, -0.2) is 0 Å². The van der Waals surface area contributed by atoms with Crippen LogP contribution in [0.3, 0.4) is 0 Å². The summed E-state index contributed by atoms with van der Waals surface area (Å²) in [7, 11) is 3.17. The molecule has 0 N–H and O–H groups in total. The lowest BCUT2D eigenvalue weighted by Gasteiger charge is -2.01. The molecule has 0 bridgehead atoms. The highest BCUT2D eigenvalue weighted by Crippen LogP contribution is 2.15. The highest BCUT2D eigenvalue weighted by atomic mass is 16.5. The van der Waals surface area contributed by atoms with Gasteiger partial charge in [0.2, 0.25) is 0 Å². The molecular formula is C26H22O4. The van der Waals surface area contributed by atoms with Crippen molar-refractivity contribution in [3.63, 3.8) is 0 Å². The van der Waals surface area contributed by atoms with Crippen molar-refractivity contribution in [1.82, 2.24) is 0 Å². The third kappa shape index (κ3) is 5.55. The average Bonchev–Trinajstić information content (AvgIpc) is 2.81. The van der Waals surface area contributed by atoms with Crippen molar-refractivity contribution < 1.29 is 19.1 Å². The average molecular weight is 398 g/mol. The maximum atomic E-state index is 12.3. The molecule has 0 aliphatic carbocycles. The predicted molar refractivity (Wildman–Crippen MR) is 119 cm³/mol. The van der Waals surface area contributed by atoms with E-state index in [4.69, 9.17) is 9.47 Å². The van der Waals surface area contributed by atoms with Crippen LogP contribution in [0.4, 0.5) is 0 Å². The number of allylic oxidation sites excluding steroid dienone is 2. The van der Waals surface area contributed by atoms with Gasteiger partial charge in [-0.05, 0) is 77.9 Å². The molecule has 0 aromatic heterocycles. The summed E-state index contributed by atoms with van der Waals surface area (Å²) in [5.74, 6) is 1.24. The van der Waals surface area contributed by atoms with Crippen LogP contribution in [0.5, 0.6) is 11.5 Å². The molecule has 0 fully saturated rings. The summed E-state index contributed by atoms with van der Waals surface area (Å²) in [6, 6.07) is 21.6. The standard InChI is InChI=1S/C26H22O4/c1-29-23-12-8-21(9-13-23)25(27)16-6-19-4-3-5-20(18-19)7-17-26(28)22-10-14-24(30-2)15-11-22/h3-18H,1-2H3. The van der Waals surface area contributed by atoms with Crippen LogP contribution in [0.1, 0.15) is 31.8 Å². The van der Waals surface area contributed by atoms with Crippen LogP contribution in [-0.4, -0.2) is 25.8 Å². The zero-order valence-corrected chi connectivity index (χ0v) is 16.9. The van der Waals surface area contributed by atoms with Gasteiger partial charge in [-0.3, -0.25) is 9.59 Å². The van der Waals surface area contributed by atoms with Crippen LogP contribution in [-0.2, 0) is 0 Å². The minimum Gasteiger partial charge on any atom is -0.497 e. The van der Waals surface area contributed by atoms with Gasteiger partial charge >= 0.3 is 0 Å². The van der Waals surface area contributed by atoms with Gasteiger partial charge in [0, 0.05) is 11.1 Å². The molecule has 4 nitrogen and oxygen atoms in total. The van der Waals surface area contributed by atoms with E-state index in [0.29, 0.717) is 22.6 Å². The minimum absolute atomic E-state index is 0.0896. The molecule has 0 spiro atoms. The Labute approximate surface area is 176 Å². The molecule has 3 rings (SSSR count). The number of carbonyl (C=O) groups excluding carboxylic acids is 2. The second kappa shape index (κ2) is 10.0. The zero-order valence-electron chi connectivity index (χ0n) is 16.9. The molecule has 0 heterocycles. The second-order valence-electron chi connectivity index (χ2n) is 6.52. The molecule has 0 saturated heterocycles. The maximum Gasteiger partial charge on any atom is 0.185 e. The fourth-order valence-corrected chi connectivity index (χ4v) is 2.81. The van der Waals surface area contributed by atoms with Crippen molar-refractivity contribution in [2.24, 2.45) is 0 Å². The van der Waals surface area contributed by atoms with Crippen molar-refractivity contribution in [3.8, 4) is 11.5 Å². The van der Waals surface area contributed by atoms with E-state index in [1.807, 2.05) is 24.3 Å². The summed E-state index contributed by atoms with van der Waals surface area (Å²) in [6.45, 7) is 0. The van der Waals surface area contributed by atoms with E-state index >= 15 is 0 Å². The summed E-state index contributed by atoms with van der Waals surface area (Å²) < 4.78 is 10.2. The Morgan fingerprint density at radius 3 is 1.40 bits per heavy atom. The number of benzene rings is 3. The zero-order chi connectivity index (χ0) is 21.3. The first-order chi connectivity index (χ1) is 14.6. The number of hydrogen-bond donors (Lipinski definition) is 0. The lowest BCUT2D eigenvalue weighted by atomic mass is 10.1. The molecule has 30 heavy (non-hydrogen) atoms. The molecule has 0 amide bonds. The highest BCUT2D eigenvalue weighted by Gasteiger charge is 2.03. The van der Waals surface area contributed by atoms with Crippen LogP contribution in [0.25, 0.3) is 12.2 Å². The summed E-state index contributed by atoms with van der Waals surface area (Å²) >= 11 is 0. The Bertz CT molecular complexity index is 990. The van der Waals surface area contributed by atoms with Gasteiger partial charge in [-0.2, -0.15) is 0 Å². The summed E-state index contributed by atoms with van der Waals surface area (Å²) in [4.78, 5) is 24.6. The van der Waals surface area contributed by atoms with E-state index in [1.54, 1.807) is 74.9 Å². The molecule has 0 saturated carbocycles. The van der Waals surface area contributed by atoms with Crippen LogP contribution in [0.15, 0.2) is 84.9 Å². The van der Waals surface area contributed by atoms with Crippen molar-refractivity contribution in [3.05, 3.63) is 107 Å². The fraction of sp³-hybridized carbons (Fsp3) is 0.0769. The number of carbonyl (C=O) groups is 2. The maximum absolute atomic E-state index is 12.3. The normalized spacial score (nSPS) is 11.0. The second-order valence-corrected chi connectivity index (χ2v) is 6.52. The molecule has 3 aromatic rings. The molecule has 3 aromatic carbocycles. The van der Waals surface area contributed by atoms with Crippen LogP contribution in [0.2, 0.25) is 0 Å². The van der Waals surface area contributed by atoms with Gasteiger partial charge in [0.25, 0.3) is 0 Å². The lowest BCUT2D eigenvalue weighted by molar-refractivity contribution is 0.103. The summed E-state index contributed by atoms with van der Waals surface area (Å²) in [5, 5.41) is 0. The fourth-order valence-electron chi connectivity index (χ4n) is 2.81. The van der Waals surface area contributed by atoms with E-state index < -0.39 is 0 Å². The largest absolute Gasteiger partial charge is 0.497 e. The lowest BCUT2D eigenvalue weighted by Crippen LogP contribution is -1.94. The monoisotopic (exact) mass is 398 g/mol. The van der Waals surface area contributed by atoms with Gasteiger partial charge in [0.1, 0.15) is 11.5 Å². The molecule has 0 unspecified atom stereocenters. The number of ketones is 2. The van der Waals surface area contributed by atoms with Crippen LogP contribution < -0.4 is 9.47 Å². The van der Waals surface area contributed by atoms with E-state index in [0.717, 1.165) is 11.1 Å². The Morgan fingerprint density at radius 2 is 1.03 bits per heavy atom. The van der Waals surface area contributed by atoms with Gasteiger partial charge in [-0.15, -0.1) is 0 Å². The van der Waals surface area contributed by atoms with E-state index in [-0.39, 0.29) is 11.6 Å². The van der Waals surface area contributed by atoms with Crippen molar-refractivity contribution in [2.75, 3.05) is 14.2 Å². The van der Waals surface area contributed by atoms with Crippen LogP contribution >= 0.6 is 0 Å². The van der Waals surface area contributed by atoms with Crippen molar-refractivity contribution in [1.29, 1.82) is 0 Å². The summed E-state index contributed by atoms with van der Waals surface area (Å²) in [6.07, 6.45) is 6.59.